The molecule has 0 radical (unpaired) electrons. The maximum atomic E-state index is 15.8. The fourth-order valence-electron chi connectivity index (χ4n) is 15.3. The lowest BCUT2D eigenvalue weighted by atomic mass is 9.98. The van der Waals surface area contributed by atoms with Gasteiger partial charge in [0.1, 0.15) is 83.7 Å². The van der Waals surface area contributed by atoms with E-state index in [0.29, 0.717) is 49.8 Å². The van der Waals surface area contributed by atoms with Gasteiger partial charge in [-0.3, -0.25) is 76.7 Å². The number of rotatable bonds is 22. The van der Waals surface area contributed by atoms with Crippen molar-refractivity contribution in [3.05, 3.63) is 233 Å². The quantitative estimate of drug-likeness (QED) is 0.0462. The average molecular weight is 1850 g/mol. The van der Waals surface area contributed by atoms with Crippen LogP contribution < -0.4 is 53.6 Å². The first-order valence-electron chi connectivity index (χ1n) is 43.4. The Hall–Kier alpha value is -14.7. The van der Waals surface area contributed by atoms with Crippen molar-refractivity contribution in [1.82, 2.24) is 77.3 Å². The number of aromatic hydroxyl groups is 3. The van der Waals surface area contributed by atoms with Crippen molar-refractivity contribution < 1.29 is 97.1 Å². The molecule has 0 aliphatic carbocycles. The third kappa shape index (κ3) is 30.5. The van der Waals surface area contributed by atoms with E-state index in [2.05, 4.69) is 52.8 Å². The summed E-state index contributed by atoms with van der Waals surface area (Å²) >= 11 is 0.810. The summed E-state index contributed by atoms with van der Waals surface area (Å²) in [6.07, 6.45) is -1.31. The summed E-state index contributed by atoms with van der Waals surface area (Å²) in [5, 5.41) is 66.0. The summed E-state index contributed by atoms with van der Waals surface area (Å²) in [4.78, 5) is 245. The molecule has 133 heavy (non-hydrogen) atoms. The molecule has 0 spiro atoms. The predicted molar refractivity (Wildman–Crippen MR) is 494 cm³/mol. The van der Waals surface area contributed by atoms with Crippen molar-refractivity contribution in [3.8, 4) is 17.2 Å². The van der Waals surface area contributed by atoms with Crippen LogP contribution in [-0.2, 0) is 122 Å². The van der Waals surface area contributed by atoms with Crippen molar-refractivity contribution in [2.24, 2.45) is 17.6 Å². The van der Waals surface area contributed by atoms with Crippen molar-refractivity contribution in [2.75, 3.05) is 66.4 Å². The second kappa shape index (κ2) is 48.8. The second-order valence-corrected chi connectivity index (χ2v) is 34.8. The molecule has 37 heteroatoms. The van der Waals surface area contributed by atoms with Gasteiger partial charge in [-0.15, -0.1) is 11.8 Å². The summed E-state index contributed by atoms with van der Waals surface area (Å²) in [6.45, 7) is 4.18. The molecular formula is C96H116N16O20S. The number of aromatic amines is 1. The number of primary amides is 1. The lowest BCUT2D eigenvalue weighted by Gasteiger charge is -2.37. The number of H-pyrrole nitrogens is 1. The topological polar surface area (TPSA) is 520 Å². The molecule has 8 aromatic rings. The van der Waals surface area contributed by atoms with E-state index in [9.17, 15) is 54.0 Å². The molecule has 1 aromatic heterocycles. The molecule has 11 unspecified atom stereocenters. The summed E-state index contributed by atoms with van der Waals surface area (Å²) in [6, 6.07) is 32.1. The molecule has 9 rings (SSSR count). The van der Waals surface area contributed by atoms with Gasteiger partial charge in [-0.2, -0.15) is 0 Å². The highest BCUT2D eigenvalue weighted by atomic mass is 32.2. The minimum atomic E-state index is -1.96. The van der Waals surface area contributed by atoms with Crippen LogP contribution in [0.4, 0.5) is 0 Å². The second-order valence-electron chi connectivity index (χ2n) is 33.8. The number of likely N-dealkylation sites (N-methyl/N-ethyl adjacent to an activating group) is 5. The van der Waals surface area contributed by atoms with Crippen LogP contribution in [0, 0.1) is 11.8 Å². The Morgan fingerprint density at radius 2 is 0.812 bits per heavy atom. The molecule has 1 saturated heterocycles. The Bertz CT molecular complexity index is 5420. The number of amides is 15. The first kappa shape index (κ1) is 102. The standard InChI is InChI=1S/C96H116N16O20S/c1-56(2)41-70-87(123)106-76(86(122)99-51-80(97)116)54-133-55-83(119)102-75(43-58-21-13-10-14-22-58)93(129)111(8)79(46-60-25-17-12-18-26-60)95(131)112(9)78(47-63-33-39-67(115)40-34-63)94(130)109(6)53-82(118)101-73(49-84(120)121)90(126)107-85(57(3)4)96(132)110(7)77(45-59-23-15-11-16-24-59)91(127)105-74(44-62-31-37-66(114)38-32-62)92(128)108(5)52-81(117)100-72(48-64-50-98-69-28-20-19-27-68(64)69)89(125)104-71(88(124)103-70)42-61-29-35-65(113)36-30-61/h10-40,50,56-57,70-79,85,98,113-115H,41-49,51-55H2,1-9H3,(H2,97,116)(H,99,122)(H,100,117)(H,101,118)(H,102,119)(H,103,124)(H,104,125)(H,105,127)(H,106,123)(H,107,126)(H,120,121). The Kier molecular flexibility index (Phi) is 37.5. The molecule has 16 N–H and O–H groups in total. The van der Waals surface area contributed by atoms with Crippen LogP contribution in [-0.4, -0.2) is 277 Å². The van der Waals surface area contributed by atoms with E-state index >= 15 is 43.2 Å². The van der Waals surface area contributed by atoms with Crippen LogP contribution in [0.1, 0.15) is 79.5 Å². The largest absolute Gasteiger partial charge is 0.508 e. The highest BCUT2D eigenvalue weighted by molar-refractivity contribution is 8.00. The summed E-state index contributed by atoms with van der Waals surface area (Å²) < 4.78 is 0. The number of nitrogens with two attached hydrogens (primary N) is 1. The molecule has 0 bridgehead atoms. The van der Waals surface area contributed by atoms with E-state index < -0.39 is 205 Å². The van der Waals surface area contributed by atoms with Crippen molar-refractivity contribution in [3.63, 3.8) is 0 Å². The Labute approximate surface area is 774 Å². The zero-order valence-electron chi connectivity index (χ0n) is 75.4. The normalized spacial score (nSPS) is 21.6. The third-order valence-electron chi connectivity index (χ3n) is 22.6. The molecule has 2 heterocycles. The number of fused-ring (bicyclic) bond motifs is 1. The van der Waals surface area contributed by atoms with Crippen LogP contribution in [0.5, 0.6) is 17.2 Å². The number of carboxylic acids is 1. The number of aliphatic carboxylic acids is 1. The number of nitrogens with one attached hydrogen (secondary N) is 10. The monoisotopic (exact) mass is 1840 g/mol. The van der Waals surface area contributed by atoms with Gasteiger partial charge >= 0.3 is 5.97 Å². The van der Waals surface area contributed by atoms with Gasteiger partial charge in [0, 0.05) is 103 Å². The summed E-state index contributed by atoms with van der Waals surface area (Å²) in [5.41, 5.74) is 9.40. The van der Waals surface area contributed by atoms with Gasteiger partial charge < -0.3 is 103 Å². The number of aromatic nitrogens is 1. The predicted octanol–water partition coefficient (Wildman–Crippen LogP) is 2.08. The molecule has 1 aliphatic heterocycles. The third-order valence-corrected chi connectivity index (χ3v) is 23.6. The smallest absolute Gasteiger partial charge is 0.305 e. The number of phenols is 3. The van der Waals surface area contributed by atoms with Crippen molar-refractivity contribution >= 4 is 117 Å². The van der Waals surface area contributed by atoms with Gasteiger partial charge in [0.05, 0.1) is 31.8 Å². The molecule has 1 aliphatic rings. The molecule has 0 saturated carbocycles. The lowest BCUT2D eigenvalue weighted by Crippen LogP contribution is -2.61. The van der Waals surface area contributed by atoms with Gasteiger partial charge in [0.2, 0.25) is 88.6 Å². The van der Waals surface area contributed by atoms with E-state index in [-0.39, 0.29) is 74.5 Å². The highest BCUT2D eigenvalue weighted by Crippen LogP contribution is 2.25. The number of carbonyl (C=O) groups is 16. The number of nitrogens with zero attached hydrogens (tertiary/aromatic N) is 5. The number of para-hydroxylation sites is 1. The van der Waals surface area contributed by atoms with E-state index in [1.54, 1.807) is 149 Å². The van der Waals surface area contributed by atoms with Gasteiger partial charge in [-0.05, 0) is 99.7 Å². The van der Waals surface area contributed by atoms with Crippen molar-refractivity contribution in [2.45, 2.75) is 152 Å². The number of carboxylic acid groups (broad SMARTS) is 1. The first-order valence-corrected chi connectivity index (χ1v) is 44.5. The highest BCUT2D eigenvalue weighted by Gasteiger charge is 2.43. The van der Waals surface area contributed by atoms with Gasteiger partial charge in [-0.1, -0.05) is 173 Å². The van der Waals surface area contributed by atoms with Gasteiger partial charge in [0.25, 0.3) is 0 Å². The Balaban J connectivity index is 1.12. The minimum Gasteiger partial charge on any atom is -0.508 e. The number of benzene rings is 7. The molecular weight excluding hydrogens is 1730 g/mol. The van der Waals surface area contributed by atoms with Crippen LogP contribution >= 0.6 is 11.8 Å². The Morgan fingerprint density at radius 3 is 1.32 bits per heavy atom. The number of phenolic OH excluding ortho intramolecular Hbond substituents is 3. The number of thioether (sulfide) groups is 1. The molecule has 11 atom stereocenters. The van der Waals surface area contributed by atoms with Crippen LogP contribution in [0.15, 0.2) is 194 Å². The maximum Gasteiger partial charge on any atom is 0.305 e. The number of hydrogen-bond donors (Lipinski definition) is 15. The molecule has 15 amide bonds. The van der Waals surface area contributed by atoms with Gasteiger partial charge in [0.15, 0.2) is 0 Å². The van der Waals surface area contributed by atoms with Crippen LogP contribution in [0.25, 0.3) is 10.9 Å². The number of carbonyl (C=O) groups excluding carboxylic acids is 15. The fraction of sp³-hybridized carbons (Fsp3) is 0.375. The molecule has 36 nitrogen and oxygen atoms in total. The van der Waals surface area contributed by atoms with Crippen molar-refractivity contribution in [1.29, 1.82) is 0 Å². The van der Waals surface area contributed by atoms with E-state index in [1.165, 1.54) is 108 Å². The first-order chi connectivity index (χ1) is 63.3. The number of hydrogen-bond acceptors (Lipinski definition) is 20. The Morgan fingerprint density at radius 1 is 0.414 bits per heavy atom. The summed E-state index contributed by atoms with van der Waals surface area (Å²) in [7, 11) is 6.37. The molecule has 706 valence electrons. The van der Waals surface area contributed by atoms with Crippen LogP contribution in [0.3, 0.4) is 0 Å². The van der Waals surface area contributed by atoms with Crippen LogP contribution in [0.2, 0.25) is 0 Å². The fourth-order valence-corrected chi connectivity index (χ4v) is 16.2. The van der Waals surface area contributed by atoms with E-state index in [0.717, 1.165) is 36.3 Å². The minimum absolute atomic E-state index is 0.105. The average Bonchev–Trinajstić information content (AvgIpc) is 1.47. The maximum absolute atomic E-state index is 15.8. The van der Waals surface area contributed by atoms with E-state index in [1.807, 2.05) is 0 Å². The lowest BCUT2D eigenvalue weighted by molar-refractivity contribution is -0.151. The van der Waals surface area contributed by atoms with E-state index in [4.69, 9.17) is 5.73 Å². The SMILES string of the molecule is CC(C)CC1NC(=O)C(Cc2ccc(O)cc2)NC(=O)C(Cc2c[nH]c3ccccc23)NC(=O)CN(C)C(=O)C(Cc2ccc(O)cc2)NC(=O)C(Cc2ccccc2)N(C)C(=O)C(C(C)C)NC(=O)C(CC(=O)O)NC(=O)CN(C)C(=O)C(Cc2ccc(O)cc2)N(C)C(=O)C(Cc2ccccc2)N(C)C(=O)C(Cc2ccccc2)NC(=O)CSCC(C(=O)NCC(N)=O)NC1=O. The molecule has 1 fully saturated rings. The molecule has 7 aromatic carbocycles. The van der Waals surface area contributed by atoms with Gasteiger partial charge in [-0.25, -0.2) is 0 Å². The summed E-state index contributed by atoms with van der Waals surface area (Å²) in [5.74, 6) is -18.2. The zero-order chi connectivity index (χ0) is 96.9. The zero-order valence-corrected chi connectivity index (χ0v) is 76.2.